The number of hydrogen-bond acceptors (Lipinski definition) is 2. The summed E-state index contributed by atoms with van der Waals surface area (Å²) in [7, 11) is 0. The first kappa shape index (κ1) is 12.2. The molecule has 0 aliphatic heterocycles. The van der Waals surface area contributed by atoms with Crippen LogP contribution in [0.25, 0.3) is 0 Å². The second-order valence-electron chi connectivity index (χ2n) is 3.56. The van der Waals surface area contributed by atoms with Crippen molar-refractivity contribution in [1.82, 2.24) is 0 Å². The number of allylic oxidation sites excluding steroid dienone is 1. The fourth-order valence-corrected chi connectivity index (χ4v) is 1.06. The molecule has 1 aromatic carbocycles. The van der Waals surface area contributed by atoms with Gasteiger partial charge < -0.3 is 9.47 Å². The van der Waals surface area contributed by atoms with Crippen LogP contribution >= 0.6 is 0 Å². The first-order chi connectivity index (χ1) is 7.72. The molecule has 0 unspecified atom stereocenters. The summed E-state index contributed by atoms with van der Waals surface area (Å²) in [4.78, 5) is 0. The second-order valence-corrected chi connectivity index (χ2v) is 3.56. The number of rotatable bonds is 5. The van der Waals surface area contributed by atoms with Gasteiger partial charge in [-0.05, 0) is 44.2 Å². The van der Waals surface area contributed by atoms with E-state index in [1.54, 1.807) is 0 Å². The number of ether oxygens (including phenoxy) is 2. The Morgan fingerprint density at radius 1 is 1.19 bits per heavy atom. The average molecular weight is 216 g/mol. The van der Waals surface area contributed by atoms with E-state index in [-0.39, 0.29) is 6.61 Å². The number of benzene rings is 1. The molecule has 0 N–H and O–H groups in total. The molecule has 0 spiro atoms. The van der Waals surface area contributed by atoms with Crippen molar-refractivity contribution in [2.45, 2.75) is 13.8 Å². The monoisotopic (exact) mass is 216 g/mol. The number of hydrogen-bond donors (Lipinski definition) is 0. The van der Waals surface area contributed by atoms with Gasteiger partial charge in [0.1, 0.15) is 24.7 Å². The molecule has 0 aromatic heterocycles. The molecule has 0 aliphatic carbocycles. The maximum absolute atomic E-state index is 5.50. The summed E-state index contributed by atoms with van der Waals surface area (Å²) >= 11 is 0. The lowest BCUT2D eigenvalue weighted by Gasteiger charge is -2.05. The molecule has 0 heterocycles. The molecule has 0 atom stereocenters. The third-order valence-corrected chi connectivity index (χ3v) is 1.89. The Bertz CT molecular complexity index is 378. The van der Waals surface area contributed by atoms with Gasteiger partial charge in [0.2, 0.25) is 0 Å². The predicted molar refractivity (Wildman–Crippen MR) is 65.7 cm³/mol. The van der Waals surface area contributed by atoms with E-state index in [2.05, 4.69) is 5.92 Å². The zero-order valence-electron chi connectivity index (χ0n) is 9.69. The lowest BCUT2D eigenvalue weighted by molar-refractivity contribution is 0.355. The molecular formula is C14H16O2. The van der Waals surface area contributed by atoms with Gasteiger partial charge in [0, 0.05) is 0 Å². The molecule has 1 aromatic rings. The Morgan fingerprint density at radius 2 is 1.75 bits per heavy atom. The minimum Gasteiger partial charge on any atom is -0.490 e. The Hall–Kier alpha value is -1.88. The SMILES string of the molecule is C#CCOc1ccc(OCC=C(C)C)cc1. The van der Waals surface area contributed by atoms with Gasteiger partial charge in [0.15, 0.2) is 0 Å². The van der Waals surface area contributed by atoms with Gasteiger partial charge in [0.05, 0.1) is 0 Å². The van der Waals surface area contributed by atoms with Crippen molar-refractivity contribution in [1.29, 1.82) is 0 Å². The highest BCUT2D eigenvalue weighted by Gasteiger charge is 1.94. The largest absolute Gasteiger partial charge is 0.490 e. The smallest absolute Gasteiger partial charge is 0.148 e. The van der Waals surface area contributed by atoms with Gasteiger partial charge in [0.25, 0.3) is 0 Å². The van der Waals surface area contributed by atoms with Crippen molar-refractivity contribution >= 4 is 0 Å². The third-order valence-electron chi connectivity index (χ3n) is 1.89. The highest BCUT2D eigenvalue weighted by atomic mass is 16.5. The molecule has 2 nitrogen and oxygen atoms in total. The molecule has 0 bridgehead atoms. The molecule has 1 rings (SSSR count). The zero-order chi connectivity index (χ0) is 11.8. The summed E-state index contributed by atoms with van der Waals surface area (Å²) in [6.45, 7) is 4.96. The highest BCUT2D eigenvalue weighted by molar-refractivity contribution is 5.31. The van der Waals surface area contributed by atoms with Gasteiger partial charge in [-0.25, -0.2) is 0 Å². The van der Waals surface area contributed by atoms with E-state index in [1.807, 2.05) is 44.2 Å². The van der Waals surface area contributed by atoms with Crippen LogP contribution in [-0.4, -0.2) is 13.2 Å². The summed E-state index contributed by atoms with van der Waals surface area (Å²) in [6, 6.07) is 7.42. The van der Waals surface area contributed by atoms with Crippen LogP contribution in [0.1, 0.15) is 13.8 Å². The molecule has 0 saturated carbocycles. The van der Waals surface area contributed by atoms with Gasteiger partial charge in [-0.1, -0.05) is 11.5 Å². The van der Waals surface area contributed by atoms with Crippen LogP contribution in [0.4, 0.5) is 0 Å². The Balaban J connectivity index is 2.45. The summed E-state index contributed by atoms with van der Waals surface area (Å²) in [5.41, 5.74) is 1.24. The van der Waals surface area contributed by atoms with Crippen molar-refractivity contribution in [3.63, 3.8) is 0 Å². The van der Waals surface area contributed by atoms with Gasteiger partial charge in [-0.15, -0.1) is 6.42 Å². The van der Waals surface area contributed by atoms with Crippen LogP contribution < -0.4 is 9.47 Å². The van der Waals surface area contributed by atoms with Crippen LogP contribution in [0.2, 0.25) is 0 Å². The molecule has 16 heavy (non-hydrogen) atoms. The van der Waals surface area contributed by atoms with Crippen LogP contribution in [0.15, 0.2) is 35.9 Å². The minimum absolute atomic E-state index is 0.290. The summed E-state index contributed by atoms with van der Waals surface area (Å²) < 4.78 is 10.8. The summed E-state index contributed by atoms with van der Waals surface area (Å²) in [5, 5.41) is 0. The fourth-order valence-electron chi connectivity index (χ4n) is 1.06. The second kappa shape index (κ2) is 6.58. The number of terminal acetylenes is 1. The van der Waals surface area contributed by atoms with E-state index < -0.39 is 0 Å². The molecule has 0 saturated heterocycles. The Kier molecular flexibility index (Phi) is 5.01. The summed E-state index contributed by atoms with van der Waals surface area (Å²) in [6.07, 6.45) is 7.12. The van der Waals surface area contributed by atoms with E-state index in [9.17, 15) is 0 Å². The molecule has 0 fully saturated rings. The van der Waals surface area contributed by atoms with E-state index >= 15 is 0 Å². The first-order valence-corrected chi connectivity index (χ1v) is 5.15. The lowest BCUT2D eigenvalue weighted by atomic mass is 10.3. The van der Waals surface area contributed by atoms with Crippen molar-refractivity contribution in [3.05, 3.63) is 35.9 Å². The van der Waals surface area contributed by atoms with E-state index in [1.165, 1.54) is 5.57 Å². The van der Waals surface area contributed by atoms with E-state index in [0.29, 0.717) is 6.61 Å². The van der Waals surface area contributed by atoms with Crippen LogP contribution in [0, 0.1) is 12.3 Å². The first-order valence-electron chi connectivity index (χ1n) is 5.15. The minimum atomic E-state index is 0.290. The van der Waals surface area contributed by atoms with Crippen LogP contribution in [0.3, 0.4) is 0 Å². The fraction of sp³-hybridized carbons (Fsp3) is 0.286. The standard InChI is InChI=1S/C14H16O2/c1-4-10-15-13-5-7-14(8-6-13)16-11-9-12(2)3/h1,5-9H,10-11H2,2-3H3. The van der Waals surface area contributed by atoms with Gasteiger partial charge in [-0.2, -0.15) is 0 Å². The average Bonchev–Trinajstić information content (AvgIpc) is 2.27. The zero-order valence-corrected chi connectivity index (χ0v) is 9.69. The topological polar surface area (TPSA) is 18.5 Å². The van der Waals surface area contributed by atoms with Crippen LogP contribution in [-0.2, 0) is 0 Å². The maximum atomic E-state index is 5.50. The normalized spacial score (nSPS) is 9.06. The third kappa shape index (κ3) is 4.56. The quantitative estimate of drug-likeness (QED) is 0.556. The van der Waals surface area contributed by atoms with Crippen LogP contribution in [0.5, 0.6) is 11.5 Å². The van der Waals surface area contributed by atoms with Crippen molar-refractivity contribution in [2.24, 2.45) is 0 Å². The van der Waals surface area contributed by atoms with Crippen molar-refractivity contribution < 1.29 is 9.47 Å². The lowest BCUT2D eigenvalue weighted by Crippen LogP contribution is -1.95. The molecule has 0 radical (unpaired) electrons. The predicted octanol–water partition coefficient (Wildman–Crippen LogP) is 3.04. The molecule has 0 amide bonds. The Morgan fingerprint density at radius 3 is 2.25 bits per heavy atom. The molecular weight excluding hydrogens is 200 g/mol. The van der Waals surface area contributed by atoms with Crippen molar-refractivity contribution in [2.75, 3.05) is 13.2 Å². The van der Waals surface area contributed by atoms with Crippen molar-refractivity contribution in [3.8, 4) is 23.8 Å². The van der Waals surface area contributed by atoms with Gasteiger partial charge in [-0.3, -0.25) is 0 Å². The molecule has 2 heteroatoms. The van der Waals surface area contributed by atoms with Gasteiger partial charge >= 0.3 is 0 Å². The Labute approximate surface area is 96.9 Å². The van der Waals surface area contributed by atoms with E-state index in [0.717, 1.165) is 11.5 Å². The maximum Gasteiger partial charge on any atom is 0.148 e. The molecule has 84 valence electrons. The summed E-state index contributed by atoms with van der Waals surface area (Å²) in [5.74, 6) is 4.00. The van der Waals surface area contributed by atoms with E-state index in [4.69, 9.17) is 15.9 Å². The molecule has 0 aliphatic rings. The highest BCUT2D eigenvalue weighted by Crippen LogP contribution is 2.17.